The number of nitrogens with two attached hydrogens (primary N) is 2. The summed E-state index contributed by atoms with van der Waals surface area (Å²) in [6.07, 6.45) is 23.5. The van der Waals surface area contributed by atoms with Gasteiger partial charge in [0.2, 0.25) is 0 Å². The topological polar surface area (TPSA) is 370 Å². The highest BCUT2D eigenvalue weighted by Crippen LogP contribution is 2.74. The number of benzene rings is 6. The van der Waals surface area contributed by atoms with Gasteiger partial charge in [0, 0.05) is 78.3 Å². The van der Waals surface area contributed by atoms with Crippen LogP contribution < -0.4 is 11.5 Å². The Morgan fingerprint density at radius 3 is 1.12 bits per heavy atom. The van der Waals surface area contributed by atoms with Crippen molar-refractivity contribution in [3.63, 3.8) is 0 Å². The zero-order chi connectivity index (χ0) is 92.2. The van der Waals surface area contributed by atoms with Crippen molar-refractivity contribution in [3.8, 4) is 0 Å². The summed E-state index contributed by atoms with van der Waals surface area (Å²) in [5.41, 5.74) is 19.3. The number of hydrogen-bond acceptors (Lipinski definition) is 21. The minimum Gasteiger partial charge on any atom is -0.399 e. The minimum absolute atomic E-state index is 0. The number of hydrogen-bond donors (Lipinski definition) is 10. The number of aldehydes is 1. The fourth-order valence-corrected chi connectivity index (χ4v) is 28.3. The number of fused-ring (bicyclic) bond motifs is 19. The van der Waals surface area contributed by atoms with Gasteiger partial charge in [-0.3, -0.25) is 33.6 Å². The number of carbonyl (C=O) groups excluding carboxylic acids is 7. The number of aliphatic hydroxyl groups is 8. The first kappa shape index (κ1) is 94.8. The fraction of sp³-hybridized carbons (Fsp3) is 0.500. The normalized spacial score (nSPS) is 37.8. The van der Waals surface area contributed by atoms with Crippen LogP contribution in [-0.2, 0) is 86.2 Å². The molecule has 21 heteroatoms. The summed E-state index contributed by atoms with van der Waals surface area (Å²) in [6.45, 7) is 12.2. The van der Waals surface area contributed by atoms with Crippen molar-refractivity contribution in [1.82, 2.24) is 0 Å². The van der Waals surface area contributed by atoms with E-state index in [9.17, 15) is 74.4 Å². The zero-order valence-electron chi connectivity index (χ0n) is 75.5. The van der Waals surface area contributed by atoms with Gasteiger partial charge in [-0.05, 0) is 252 Å². The van der Waals surface area contributed by atoms with Gasteiger partial charge in [0.15, 0.2) is 64.1 Å². The van der Waals surface area contributed by atoms with Gasteiger partial charge >= 0.3 is 0 Å². The second-order valence-electron chi connectivity index (χ2n) is 41.3. The van der Waals surface area contributed by atoms with E-state index in [2.05, 4.69) is 95.3 Å². The van der Waals surface area contributed by atoms with Gasteiger partial charge in [-0.15, -0.1) is 0 Å². The Morgan fingerprint density at radius 2 is 0.771 bits per heavy atom. The van der Waals surface area contributed by atoms with Crippen molar-refractivity contribution in [2.45, 2.75) is 237 Å². The lowest BCUT2D eigenvalue weighted by Crippen LogP contribution is -2.63. The second-order valence-corrected chi connectivity index (χ2v) is 41.3. The van der Waals surface area contributed by atoms with E-state index in [0.29, 0.717) is 25.7 Å². The monoisotopic (exact) mass is 1780 g/mol. The van der Waals surface area contributed by atoms with Gasteiger partial charge in [0.25, 0.3) is 0 Å². The van der Waals surface area contributed by atoms with Crippen LogP contribution in [0.15, 0.2) is 217 Å². The molecule has 0 spiro atoms. The summed E-state index contributed by atoms with van der Waals surface area (Å²) < 4.78 is 26.6. The number of aryl methyl sites for hydroxylation is 7. The molecule has 2 aliphatic heterocycles. The molecule has 0 amide bonds. The first-order chi connectivity index (χ1) is 62.0. The van der Waals surface area contributed by atoms with Crippen molar-refractivity contribution in [3.05, 3.63) is 273 Å². The number of rotatable bonds is 18. The van der Waals surface area contributed by atoms with Crippen LogP contribution >= 0.6 is 0 Å². The average Bonchev–Trinajstić information content (AvgIpc) is 1.52. The number of nitrogen functional groups attached to an aromatic ring is 2. The van der Waals surface area contributed by atoms with Crippen LogP contribution in [0.4, 0.5) is 11.4 Å². The Balaban J connectivity index is 0.000000134. The molecule has 0 aromatic heterocycles. The van der Waals surface area contributed by atoms with Crippen molar-refractivity contribution >= 4 is 52.4 Å². The number of anilines is 2. The number of ketones is 6. The smallest absolute Gasteiger partial charge is 0.193 e. The van der Waals surface area contributed by atoms with Gasteiger partial charge in [-0.25, -0.2) is 0 Å². The van der Waals surface area contributed by atoms with Crippen LogP contribution in [0.2, 0.25) is 0 Å². The summed E-state index contributed by atoms with van der Waals surface area (Å²) in [4.78, 5) is 86.6. The van der Waals surface area contributed by atoms with E-state index in [1.807, 2.05) is 110 Å². The molecule has 0 radical (unpaired) electrons. The third-order valence-electron chi connectivity index (χ3n) is 34.6. The van der Waals surface area contributed by atoms with Gasteiger partial charge < -0.3 is 71.3 Å². The van der Waals surface area contributed by atoms with Crippen LogP contribution in [0.1, 0.15) is 199 Å². The third-order valence-corrected chi connectivity index (χ3v) is 34.6. The van der Waals surface area contributed by atoms with Crippen LogP contribution in [-0.4, -0.2) is 155 Å². The molecule has 0 bridgehead atoms. The van der Waals surface area contributed by atoms with Crippen molar-refractivity contribution in [2.24, 2.45) is 85.8 Å². The molecule has 694 valence electrons. The Labute approximate surface area is 768 Å². The maximum Gasteiger partial charge on any atom is 0.193 e. The van der Waals surface area contributed by atoms with Gasteiger partial charge in [0.1, 0.15) is 26.1 Å². The Hall–Kier alpha value is -9.43. The number of Topliss-reactive ketones (excluding diaryl/α,β-unsaturated/α-hetero) is 3. The summed E-state index contributed by atoms with van der Waals surface area (Å²) >= 11 is 0. The molecule has 131 heavy (non-hydrogen) atoms. The first-order valence-corrected chi connectivity index (χ1v) is 46.9. The SMILES string of the molecule is C.C[C@]12C=CC(=O)C=C1CC[C@@H]1[C@@H]2[C@@H](O)C[C@@]2(C)[C@H]1C[C@@H](O)[C@]2(O)C(=O)CO.C[C@]12C=CC(=O)C=C1CC[C@@H]1[C@@H]2[C@@H](O)C[C@@]2(C)[C@H]1C[C@H]1O[C@@H](c3ccc(CCc4cccc(N)c4)cc3)O[C@]12C(=O)CO.C[C@]12C=CC(=O)C=C1CC[C@@H]1[C@@H]2[C@@H](O)C[C@@]2(C)[C@H]1C[C@H]1O[C@H](c3ccc(CCc4cccc(N)c4)cc3)O[C@]12C(=O)CO.Cc1cccc(CCc2ccc(C=O)cc2)c1. The first-order valence-electron chi connectivity index (χ1n) is 46.9. The number of allylic oxidation sites excluding steroid dienone is 12. The molecule has 12 N–H and O–H groups in total. The van der Waals surface area contributed by atoms with E-state index >= 15 is 0 Å². The highest BCUT2D eigenvalue weighted by atomic mass is 16.8. The summed E-state index contributed by atoms with van der Waals surface area (Å²) in [5, 5.41) is 86.4. The van der Waals surface area contributed by atoms with Gasteiger partial charge in [-0.2, -0.15) is 0 Å². The van der Waals surface area contributed by atoms with E-state index in [4.69, 9.17) is 30.4 Å². The summed E-state index contributed by atoms with van der Waals surface area (Å²) in [7, 11) is 0. The largest absolute Gasteiger partial charge is 0.399 e. The van der Waals surface area contributed by atoms with E-state index in [1.165, 1.54) is 38.9 Å². The van der Waals surface area contributed by atoms with Crippen molar-refractivity contribution < 1.29 is 93.4 Å². The summed E-state index contributed by atoms with van der Waals surface area (Å²) in [5.74, 6) is -1.55. The van der Waals surface area contributed by atoms with Crippen LogP contribution in [0.3, 0.4) is 0 Å². The Kier molecular flexibility index (Phi) is 26.3. The van der Waals surface area contributed by atoms with Crippen molar-refractivity contribution in [1.29, 1.82) is 0 Å². The predicted molar refractivity (Wildman–Crippen MR) is 497 cm³/mol. The minimum atomic E-state index is -2.05. The molecule has 6 aromatic rings. The molecule has 2 saturated heterocycles. The van der Waals surface area contributed by atoms with E-state index in [0.717, 1.165) is 128 Å². The maximum atomic E-state index is 13.7. The average molecular weight is 1780 g/mol. The molecule has 6 aromatic carbocycles. The molecule has 26 atom stereocenters. The van der Waals surface area contributed by atoms with Gasteiger partial charge in [-0.1, -0.05) is 211 Å². The lowest BCUT2D eigenvalue weighted by Gasteiger charge is -2.59. The van der Waals surface area contributed by atoms with Crippen LogP contribution in [0.25, 0.3) is 0 Å². The standard InChI is InChI=1S/2C36H41NO6.C21H28O6.C16H16O.CH4/c2*1-34-15-14-26(39)17-24(34)12-13-27-28-18-31-36(30(41)20-38,35(28,2)19-29(40)32(27)34)43-33(42-31)23-10-8-21(9-11-23)6-7-22-4-3-5-25(37)16-22;1-19-6-5-12(23)7-11(19)3-4-13-14-8-16(25)21(27,17(26)10-22)20(14,2)9-15(24)18(13)19;1-13-3-2-4-15(11-13)8-5-14-6-9-16(12-17)10-7-14;/h2*3-5,8-11,14-17,27-29,31-33,38,40H,6-7,12-13,18-20,37H2,1-2H3;5-7,13-16,18,22,24-25,27H,3-4,8-10H2,1-2H3;2-4,6-7,9-12H,5,8H2,1H3;1H4/t27-,28-,29-,31+,32+,33+,34-,35-,36+;27-,28-,29-,31+,32+,33-,34-,35-,36+;13-,14-,15-,16+,18+,19-,20-,21-;;/m000../s1. The molecular formula is C110H130N2O19. The molecule has 2 heterocycles. The molecule has 9 saturated carbocycles. The molecule has 21 nitrogen and oxygen atoms in total. The van der Waals surface area contributed by atoms with E-state index in [1.54, 1.807) is 43.4 Å². The van der Waals surface area contributed by atoms with E-state index in [-0.39, 0.29) is 102 Å². The number of aliphatic hydroxyl groups excluding tert-OH is 7. The highest BCUT2D eigenvalue weighted by molar-refractivity contribution is 6.02. The molecule has 0 unspecified atom stereocenters. The highest BCUT2D eigenvalue weighted by Gasteiger charge is 2.79. The fourth-order valence-electron chi connectivity index (χ4n) is 28.3. The molecular weight excluding hydrogens is 1650 g/mol. The van der Waals surface area contributed by atoms with Gasteiger partial charge in [0.05, 0.1) is 36.6 Å². The van der Waals surface area contributed by atoms with Crippen molar-refractivity contribution in [2.75, 3.05) is 31.3 Å². The molecule has 11 fully saturated rings. The Bertz CT molecular complexity index is 5350. The molecule has 14 aliphatic rings. The van der Waals surface area contributed by atoms with Crippen LogP contribution in [0.5, 0.6) is 0 Å². The quantitative estimate of drug-likeness (QED) is 0.0282. The Morgan fingerprint density at radius 1 is 0.435 bits per heavy atom. The molecule has 20 rings (SSSR count). The lowest BCUT2D eigenvalue weighted by molar-refractivity contribution is -0.201. The number of ether oxygens (including phenoxy) is 4. The maximum absolute atomic E-state index is 13.7. The van der Waals surface area contributed by atoms with E-state index < -0.39 is 124 Å². The number of carbonyl (C=O) groups is 7. The lowest BCUT2D eigenvalue weighted by atomic mass is 9.46. The summed E-state index contributed by atoms with van der Waals surface area (Å²) in [6, 6.07) is 48.5. The predicted octanol–water partition coefficient (Wildman–Crippen LogP) is 14.1. The molecule has 12 aliphatic carbocycles. The zero-order valence-corrected chi connectivity index (χ0v) is 75.5. The third kappa shape index (κ3) is 16.1. The second kappa shape index (κ2) is 36.4. The van der Waals surface area contributed by atoms with Crippen LogP contribution in [0, 0.1) is 92.7 Å².